The third kappa shape index (κ3) is 4.48. The van der Waals surface area contributed by atoms with E-state index in [1.165, 1.54) is 43.2 Å². The number of hydrogen-bond acceptors (Lipinski definition) is 4. The summed E-state index contributed by atoms with van der Waals surface area (Å²) in [7, 11) is 3.71. The summed E-state index contributed by atoms with van der Waals surface area (Å²) in [6.07, 6.45) is 6.26. The molecule has 0 bridgehead atoms. The van der Waals surface area contributed by atoms with E-state index in [1.54, 1.807) is 16.9 Å². The van der Waals surface area contributed by atoms with Gasteiger partial charge in [0.05, 0.1) is 7.11 Å². The van der Waals surface area contributed by atoms with Gasteiger partial charge in [-0.2, -0.15) is 0 Å². The number of esters is 1. The quantitative estimate of drug-likeness (QED) is 0.617. The van der Waals surface area contributed by atoms with Gasteiger partial charge in [-0.05, 0) is 60.8 Å². The van der Waals surface area contributed by atoms with Crippen molar-refractivity contribution in [3.05, 3.63) is 27.0 Å². The molecular weight excluding hydrogens is 354 g/mol. The van der Waals surface area contributed by atoms with Crippen LogP contribution in [0.2, 0.25) is 0 Å². The second-order valence-electron chi connectivity index (χ2n) is 9.54. The normalized spacial score (nSPS) is 25.0. The van der Waals surface area contributed by atoms with Gasteiger partial charge in [0.25, 0.3) is 0 Å². The van der Waals surface area contributed by atoms with Crippen molar-refractivity contribution in [1.82, 2.24) is 4.90 Å². The molecule has 1 aromatic rings. The molecule has 0 unspecified atom stereocenters. The van der Waals surface area contributed by atoms with Crippen LogP contribution in [0.15, 0.2) is 11.6 Å². The largest absolute Gasteiger partial charge is 0.465 e. The van der Waals surface area contributed by atoms with E-state index in [9.17, 15) is 4.79 Å². The van der Waals surface area contributed by atoms with Crippen LogP contribution >= 0.6 is 11.3 Å². The molecule has 0 radical (unpaired) electrons. The SMILES string of the molecule is COC(=O)c1sc(C(C)(C)C)cc1C1=C(C2CCC(C)CC2)CN(C)CC1. The first-order valence-electron chi connectivity index (χ1n) is 10.3. The van der Waals surface area contributed by atoms with Crippen LogP contribution in [0.5, 0.6) is 0 Å². The molecule has 27 heavy (non-hydrogen) atoms. The molecule has 0 amide bonds. The van der Waals surface area contributed by atoms with Gasteiger partial charge in [0.1, 0.15) is 4.88 Å². The summed E-state index contributed by atoms with van der Waals surface area (Å²) < 4.78 is 5.15. The fourth-order valence-electron chi connectivity index (χ4n) is 4.45. The second-order valence-corrected chi connectivity index (χ2v) is 10.6. The Bertz CT molecular complexity index is 717. The molecule has 1 saturated carbocycles. The van der Waals surface area contributed by atoms with Gasteiger partial charge < -0.3 is 9.64 Å². The number of ether oxygens (including phenoxy) is 1. The topological polar surface area (TPSA) is 29.5 Å². The van der Waals surface area contributed by atoms with Crippen molar-refractivity contribution in [2.24, 2.45) is 11.8 Å². The van der Waals surface area contributed by atoms with Crippen LogP contribution < -0.4 is 0 Å². The number of carbonyl (C=O) groups is 1. The third-order valence-electron chi connectivity index (χ3n) is 6.25. The van der Waals surface area contributed by atoms with E-state index in [0.29, 0.717) is 5.92 Å². The van der Waals surface area contributed by atoms with Crippen LogP contribution in [-0.2, 0) is 10.2 Å². The first-order valence-corrected chi connectivity index (χ1v) is 11.2. The minimum Gasteiger partial charge on any atom is -0.465 e. The number of thiophene rings is 1. The number of methoxy groups -OCH3 is 1. The van der Waals surface area contributed by atoms with Gasteiger partial charge in [-0.3, -0.25) is 0 Å². The van der Waals surface area contributed by atoms with Crippen LogP contribution in [0.1, 0.15) is 79.9 Å². The maximum atomic E-state index is 12.6. The summed E-state index contributed by atoms with van der Waals surface area (Å²) in [5.41, 5.74) is 4.20. The predicted octanol–water partition coefficient (Wildman–Crippen LogP) is 5.75. The number of rotatable bonds is 3. The highest BCUT2D eigenvalue weighted by atomic mass is 32.1. The molecule has 150 valence electrons. The lowest BCUT2D eigenvalue weighted by atomic mass is 9.75. The van der Waals surface area contributed by atoms with Gasteiger partial charge in [0, 0.05) is 23.5 Å². The van der Waals surface area contributed by atoms with Crippen molar-refractivity contribution in [3.8, 4) is 0 Å². The predicted molar refractivity (Wildman–Crippen MR) is 115 cm³/mol. The van der Waals surface area contributed by atoms with E-state index >= 15 is 0 Å². The zero-order valence-corrected chi connectivity index (χ0v) is 18.7. The fraction of sp³-hybridized carbons (Fsp3) is 0.696. The molecule has 1 aromatic heterocycles. The maximum absolute atomic E-state index is 12.6. The number of carbonyl (C=O) groups excluding carboxylic acids is 1. The van der Waals surface area contributed by atoms with E-state index in [4.69, 9.17) is 4.74 Å². The summed E-state index contributed by atoms with van der Waals surface area (Å²) >= 11 is 1.62. The lowest BCUT2D eigenvalue weighted by Gasteiger charge is -2.35. The first-order chi connectivity index (χ1) is 12.7. The molecule has 0 saturated heterocycles. The van der Waals surface area contributed by atoms with Gasteiger partial charge in [0.15, 0.2) is 0 Å². The Balaban J connectivity index is 2.08. The summed E-state index contributed by atoms with van der Waals surface area (Å²) in [6.45, 7) is 11.1. The lowest BCUT2D eigenvalue weighted by molar-refractivity contribution is 0.0606. The lowest BCUT2D eigenvalue weighted by Crippen LogP contribution is -2.31. The van der Waals surface area contributed by atoms with Crippen molar-refractivity contribution in [3.63, 3.8) is 0 Å². The molecule has 1 fully saturated rings. The molecule has 2 heterocycles. The zero-order chi connectivity index (χ0) is 19.8. The minimum atomic E-state index is -0.187. The third-order valence-corrected chi connectivity index (χ3v) is 7.79. The molecule has 0 spiro atoms. The molecule has 3 rings (SSSR count). The van der Waals surface area contributed by atoms with E-state index in [1.807, 2.05) is 0 Å². The number of hydrogen-bond donors (Lipinski definition) is 0. The Kier molecular flexibility index (Phi) is 6.17. The molecule has 3 nitrogen and oxygen atoms in total. The van der Waals surface area contributed by atoms with E-state index in [2.05, 4.69) is 45.7 Å². The molecule has 4 heteroatoms. The van der Waals surface area contributed by atoms with Gasteiger partial charge in [-0.15, -0.1) is 11.3 Å². The summed E-state index contributed by atoms with van der Waals surface area (Å²) in [6, 6.07) is 2.28. The van der Waals surface area contributed by atoms with Gasteiger partial charge in [-0.25, -0.2) is 4.79 Å². The number of likely N-dealkylation sites (N-methyl/N-ethyl adjacent to an activating group) is 1. The van der Waals surface area contributed by atoms with Crippen molar-refractivity contribution in [2.75, 3.05) is 27.2 Å². The van der Waals surface area contributed by atoms with E-state index < -0.39 is 0 Å². The van der Waals surface area contributed by atoms with Crippen molar-refractivity contribution in [1.29, 1.82) is 0 Å². The minimum absolute atomic E-state index is 0.0398. The zero-order valence-electron chi connectivity index (χ0n) is 17.9. The van der Waals surface area contributed by atoms with Crippen molar-refractivity contribution < 1.29 is 9.53 Å². The average molecular weight is 390 g/mol. The van der Waals surface area contributed by atoms with Crippen LogP contribution in [0.4, 0.5) is 0 Å². The Hall–Kier alpha value is -1.13. The van der Waals surface area contributed by atoms with Gasteiger partial charge >= 0.3 is 5.97 Å². The molecule has 1 aliphatic heterocycles. The van der Waals surface area contributed by atoms with E-state index in [-0.39, 0.29) is 11.4 Å². The highest BCUT2D eigenvalue weighted by Gasteiger charge is 2.31. The summed E-state index contributed by atoms with van der Waals surface area (Å²) in [4.78, 5) is 17.1. The Labute approximate surface area is 168 Å². The highest BCUT2D eigenvalue weighted by molar-refractivity contribution is 7.14. The second kappa shape index (κ2) is 8.08. The average Bonchev–Trinajstić information content (AvgIpc) is 3.07. The molecule has 0 atom stereocenters. The summed E-state index contributed by atoms with van der Waals surface area (Å²) in [5, 5.41) is 0. The molecule has 0 aromatic carbocycles. The van der Waals surface area contributed by atoms with Crippen LogP contribution in [0, 0.1) is 11.8 Å². The Morgan fingerprint density at radius 3 is 2.48 bits per heavy atom. The highest BCUT2D eigenvalue weighted by Crippen LogP contribution is 2.43. The summed E-state index contributed by atoms with van der Waals surface area (Å²) in [5.74, 6) is 1.34. The number of nitrogens with zero attached hydrogens (tertiary/aromatic N) is 1. The van der Waals surface area contributed by atoms with Gasteiger partial charge in [0.2, 0.25) is 0 Å². The van der Waals surface area contributed by atoms with E-state index in [0.717, 1.165) is 35.9 Å². The van der Waals surface area contributed by atoms with Gasteiger partial charge in [-0.1, -0.05) is 40.5 Å². The fourth-order valence-corrected chi connectivity index (χ4v) is 5.61. The van der Waals surface area contributed by atoms with Crippen molar-refractivity contribution in [2.45, 2.75) is 65.2 Å². The maximum Gasteiger partial charge on any atom is 0.348 e. The molecule has 0 N–H and O–H groups in total. The van der Waals surface area contributed by atoms with Crippen LogP contribution in [0.25, 0.3) is 5.57 Å². The molecular formula is C23H35NO2S. The first kappa shape index (κ1) is 20.6. The molecule has 2 aliphatic rings. The smallest absolute Gasteiger partial charge is 0.348 e. The Morgan fingerprint density at radius 2 is 1.89 bits per heavy atom. The standard InChI is InChI=1S/C23H35NO2S/c1-15-7-9-16(10-8-15)19-14-24(5)12-11-17(19)18-13-20(23(2,3)4)27-21(18)22(25)26-6/h13,15-16H,7-12,14H2,1-6H3. The van der Waals surface area contributed by atoms with Crippen LogP contribution in [0.3, 0.4) is 0 Å². The van der Waals surface area contributed by atoms with Crippen molar-refractivity contribution >= 4 is 22.9 Å². The monoisotopic (exact) mass is 389 g/mol. The van der Waals surface area contributed by atoms with Crippen LogP contribution in [-0.4, -0.2) is 38.1 Å². The Morgan fingerprint density at radius 1 is 1.22 bits per heavy atom. The molecule has 1 aliphatic carbocycles.